The Bertz CT molecular complexity index is 1550. The van der Waals surface area contributed by atoms with E-state index in [2.05, 4.69) is 11.4 Å². The number of hydrogen-bond acceptors (Lipinski definition) is 4. The molecule has 7 rings (SSSR count). The lowest BCUT2D eigenvalue weighted by Crippen LogP contribution is -2.42. The average molecular weight is 489 g/mol. The molecule has 37 heavy (non-hydrogen) atoms. The fourth-order valence-electron chi connectivity index (χ4n) is 5.67. The van der Waals surface area contributed by atoms with Gasteiger partial charge >= 0.3 is 0 Å². The molecule has 4 aromatic rings. The molecule has 1 atom stereocenters. The van der Waals surface area contributed by atoms with Gasteiger partial charge in [0.15, 0.2) is 0 Å². The van der Waals surface area contributed by atoms with E-state index in [1.54, 1.807) is 12.1 Å². The van der Waals surface area contributed by atoms with Crippen molar-refractivity contribution in [3.63, 3.8) is 0 Å². The fourth-order valence-corrected chi connectivity index (χ4v) is 5.67. The average Bonchev–Trinajstić information content (AvgIpc) is 3.61. The Balaban J connectivity index is 1.19. The standard InChI is InChI=1S/C31H24N2O4/c34-29(32-23-6-2-1-3-7-23)21-12-10-20(11-13-21)18-33-26-9-5-4-8-24(26)31(30(33)35)19-37-28-17-27-22(14-15-36-27)16-25(28)31/h1-13,16-17H,14-15,18-19H2,(H,32,34). The molecule has 4 aromatic carbocycles. The van der Waals surface area contributed by atoms with Crippen LogP contribution in [-0.2, 0) is 23.2 Å². The van der Waals surface area contributed by atoms with Gasteiger partial charge < -0.3 is 19.7 Å². The minimum atomic E-state index is -0.862. The molecule has 1 N–H and O–H groups in total. The van der Waals surface area contributed by atoms with Crippen LogP contribution in [-0.4, -0.2) is 25.0 Å². The minimum Gasteiger partial charge on any atom is -0.493 e. The third-order valence-corrected chi connectivity index (χ3v) is 7.55. The molecule has 2 amide bonds. The molecule has 1 unspecified atom stereocenters. The lowest BCUT2D eigenvalue weighted by Gasteiger charge is -2.23. The van der Waals surface area contributed by atoms with Crippen LogP contribution >= 0.6 is 0 Å². The third-order valence-electron chi connectivity index (χ3n) is 7.55. The summed E-state index contributed by atoms with van der Waals surface area (Å²) in [4.78, 5) is 28.7. The van der Waals surface area contributed by atoms with Crippen LogP contribution in [0.25, 0.3) is 0 Å². The number of nitrogens with one attached hydrogen (secondary N) is 1. The maximum Gasteiger partial charge on any atom is 0.255 e. The first-order valence-corrected chi connectivity index (χ1v) is 12.4. The molecule has 1 spiro atoms. The Hall–Kier alpha value is -4.58. The molecule has 0 saturated carbocycles. The summed E-state index contributed by atoms with van der Waals surface area (Å²) in [5.74, 6) is 1.41. The largest absolute Gasteiger partial charge is 0.493 e. The number of para-hydroxylation sites is 2. The quantitative estimate of drug-likeness (QED) is 0.434. The highest BCUT2D eigenvalue weighted by Crippen LogP contribution is 2.54. The molecule has 3 aliphatic rings. The van der Waals surface area contributed by atoms with Crippen molar-refractivity contribution < 1.29 is 19.1 Å². The summed E-state index contributed by atoms with van der Waals surface area (Å²) in [5.41, 5.74) is 5.30. The number of rotatable bonds is 4. The van der Waals surface area contributed by atoms with Crippen molar-refractivity contribution >= 4 is 23.2 Å². The van der Waals surface area contributed by atoms with Gasteiger partial charge in [-0.15, -0.1) is 0 Å². The number of carbonyl (C=O) groups is 2. The number of fused-ring (bicyclic) bond motifs is 5. The van der Waals surface area contributed by atoms with Crippen molar-refractivity contribution in [2.75, 3.05) is 23.4 Å². The first-order valence-electron chi connectivity index (χ1n) is 12.4. The van der Waals surface area contributed by atoms with E-state index in [1.807, 2.05) is 77.7 Å². The highest BCUT2D eigenvalue weighted by atomic mass is 16.5. The Kier molecular flexibility index (Phi) is 4.83. The highest BCUT2D eigenvalue weighted by Gasteiger charge is 2.57. The minimum absolute atomic E-state index is 0.0113. The van der Waals surface area contributed by atoms with Crippen LogP contribution in [0.2, 0.25) is 0 Å². The number of hydrogen-bond donors (Lipinski definition) is 1. The molecule has 0 radical (unpaired) electrons. The third kappa shape index (κ3) is 3.33. The smallest absolute Gasteiger partial charge is 0.255 e. The normalized spacial score (nSPS) is 18.7. The van der Waals surface area contributed by atoms with Crippen LogP contribution in [0.1, 0.15) is 32.6 Å². The van der Waals surface area contributed by atoms with Crippen LogP contribution in [0.4, 0.5) is 11.4 Å². The molecular weight excluding hydrogens is 464 g/mol. The van der Waals surface area contributed by atoms with E-state index in [0.717, 1.165) is 51.5 Å². The van der Waals surface area contributed by atoms with Gasteiger partial charge in [0.1, 0.15) is 23.5 Å². The maximum atomic E-state index is 14.2. The summed E-state index contributed by atoms with van der Waals surface area (Å²) in [6.45, 7) is 1.33. The van der Waals surface area contributed by atoms with Gasteiger partial charge in [-0.25, -0.2) is 0 Å². The molecule has 0 aromatic heterocycles. The summed E-state index contributed by atoms with van der Waals surface area (Å²) < 4.78 is 11.8. The second kappa shape index (κ2) is 8.23. The van der Waals surface area contributed by atoms with E-state index < -0.39 is 5.41 Å². The number of anilines is 2. The molecule has 3 aliphatic heterocycles. The van der Waals surface area contributed by atoms with E-state index in [0.29, 0.717) is 18.7 Å². The zero-order valence-electron chi connectivity index (χ0n) is 20.1. The summed E-state index contributed by atoms with van der Waals surface area (Å²) in [5, 5.41) is 2.90. The van der Waals surface area contributed by atoms with Gasteiger partial charge in [0.25, 0.3) is 5.91 Å². The first kappa shape index (κ1) is 21.7. The molecule has 6 nitrogen and oxygen atoms in total. The van der Waals surface area contributed by atoms with Gasteiger partial charge in [-0.05, 0) is 53.1 Å². The fraction of sp³-hybridized carbons (Fsp3) is 0.161. The number of benzene rings is 4. The van der Waals surface area contributed by atoms with Crippen molar-refractivity contribution in [3.05, 3.63) is 119 Å². The van der Waals surface area contributed by atoms with Crippen molar-refractivity contribution in [1.29, 1.82) is 0 Å². The zero-order chi connectivity index (χ0) is 25.0. The zero-order valence-corrected chi connectivity index (χ0v) is 20.1. The predicted octanol–water partition coefficient (Wildman–Crippen LogP) is 5.10. The molecule has 0 fully saturated rings. The van der Waals surface area contributed by atoms with Crippen LogP contribution in [0, 0.1) is 0 Å². The van der Waals surface area contributed by atoms with Crippen LogP contribution in [0.5, 0.6) is 11.5 Å². The Morgan fingerprint density at radius 1 is 0.865 bits per heavy atom. The summed E-state index contributed by atoms with van der Waals surface area (Å²) in [6, 6.07) is 28.8. The van der Waals surface area contributed by atoms with E-state index in [-0.39, 0.29) is 18.4 Å². The summed E-state index contributed by atoms with van der Waals surface area (Å²) in [6.07, 6.45) is 0.836. The molecule has 0 bridgehead atoms. The van der Waals surface area contributed by atoms with Gasteiger partial charge in [0, 0.05) is 35.0 Å². The molecule has 0 aliphatic carbocycles. The SMILES string of the molecule is O=C(Nc1ccccc1)c1ccc(CN2C(=O)C3(COc4cc5c(cc43)CCO5)c3ccccc32)cc1. The summed E-state index contributed by atoms with van der Waals surface area (Å²) >= 11 is 0. The van der Waals surface area contributed by atoms with Crippen molar-refractivity contribution in [2.24, 2.45) is 0 Å². The van der Waals surface area contributed by atoms with E-state index in [9.17, 15) is 9.59 Å². The highest BCUT2D eigenvalue weighted by molar-refractivity contribution is 6.11. The molecule has 0 saturated heterocycles. The van der Waals surface area contributed by atoms with Gasteiger partial charge in [0.05, 0.1) is 13.2 Å². The van der Waals surface area contributed by atoms with E-state index in [4.69, 9.17) is 9.47 Å². The molecular formula is C31H24N2O4. The number of carbonyl (C=O) groups excluding carboxylic acids is 2. The topological polar surface area (TPSA) is 67.9 Å². The summed E-state index contributed by atoms with van der Waals surface area (Å²) in [7, 11) is 0. The molecule has 3 heterocycles. The van der Waals surface area contributed by atoms with Gasteiger partial charge in [-0.3, -0.25) is 9.59 Å². The van der Waals surface area contributed by atoms with Crippen molar-refractivity contribution in [3.8, 4) is 11.5 Å². The van der Waals surface area contributed by atoms with Gasteiger partial charge in [0.2, 0.25) is 5.91 Å². The Labute approximate surface area is 214 Å². The Morgan fingerprint density at radius 3 is 2.49 bits per heavy atom. The van der Waals surface area contributed by atoms with Gasteiger partial charge in [-0.2, -0.15) is 0 Å². The Morgan fingerprint density at radius 2 is 1.65 bits per heavy atom. The van der Waals surface area contributed by atoms with Crippen LogP contribution < -0.4 is 19.7 Å². The number of amides is 2. The second-order valence-corrected chi connectivity index (χ2v) is 9.67. The lowest BCUT2D eigenvalue weighted by molar-refractivity contribution is -0.122. The maximum absolute atomic E-state index is 14.2. The van der Waals surface area contributed by atoms with Crippen molar-refractivity contribution in [2.45, 2.75) is 18.4 Å². The van der Waals surface area contributed by atoms with Crippen LogP contribution in [0.3, 0.4) is 0 Å². The van der Waals surface area contributed by atoms with E-state index in [1.165, 1.54) is 0 Å². The predicted molar refractivity (Wildman–Crippen MR) is 140 cm³/mol. The lowest BCUT2D eigenvalue weighted by atomic mass is 9.76. The van der Waals surface area contributed by atoms with Crippen molar-refractivity contribution in [1.82, 2.24) is 0 Å². The second-order valence-electron chi connectivity index (χ2n) is 9.67. The van der Waals surface area contributed by atoms with E-state index >= 15 is 0 Å². The number of ether oxygens (including phenoxy) is 2. The van der Waals surface area contributed by atoms with Gasteiger partial charge in [-0.1, -0.05) is 48.5 Å². The van der Waals surface area contributed by atoms with Crippen LogP contribution in [0.15, 0.2) is 91.0 Å². The first-order chi connectivity index (χ1) is 18.1. The monoisotopic (exact) mass is 488 g/mol. The number of nitrogens with zero attached hydrogens (tertiary/aromatic N) is 1. The molecule has 182 valence electrons. The molecule has 6 heteroatoms.